The molecule has 4 atom stereocenters. The van der Waals surface area contributed by atoms with Crippen LogP contribution in [0.3, 0.4) is 0 Å². The summed E-state index contributed by atoms with van der Waals surface area (Å²) in [7, 11) is 2.37. The maximum atomic E-state index is 14.7. The van der Waals surface area contributed by atoms with Crippen LogP contribution in [-0.4, -0.2) is 134 Å². The zero-order valence-corrected chi connectivity index (χ0v) is 41.0. The fourth-order valence-corrected chi connectivity index (χ4v) is 6.81. The van der Waals surface area contributed by atoms with E-state index in [0.29, 0.717) is 0 Å². The van der Waals surface area contributed by atoms with Gasteiger partial charge in [-0.05, 0) is 78.0 Å². The van der Waals surface area contributed by atoms with Gasteiger partial charge >= 0.3 is 48.7 Å². The van der Waals surface area contributed by atoms with Gasteiger partial charge in [0.2, 0.25) is 5.88 Å². The summed E-state index contributed by atoms with van der Waals surface area (Å²) in [5.74, 6) is -10.8. The summed E-state index contributed by atoms with van der Waals surface area (Å²) in [6, 6.07) is 3.74. The van der Waals surface area contributed by atoms with E-state index < -0.39 is 119 Å². The van der Waals surface area contributed by atoms with E-state index in [4.69, 9.17) is 18.9 Å². The largest absolute Gasteiger partial charge is 0.573 e. The average Bonchev–Trinajstić information content (AvgIpc) is 3.90. The number of carbonyl (C=O) groups excluding carboxylic acids is 4. The monoisotopic (exact) mass is 1080 g/mol. The number of esters is 2. The number of amides is 2. The summed E-state index contributed by atoms with van der Waals surface area (Å²) in [4.78, 5) is 75.3. The van der Waals surface area contributed by atoms with Gasteiger partial charge in [-0.3, -0.25) is 14.6 Å². The molecule has 0 unspecified atom stereocenters. The number of allylic oxidation sites excluding steroid dienone is 2. The van der Waals surface area contributed by atoms with Crippen LogP contribution in [-0.2, 0) is 40.4 Å². The maximum absolute atomic E-state index is 14.7. The van der Waals surface area contributed by atoms with Gasteiger partial charge in [-0.2, -0.15) is 17.6 Å². The number of ether oxygens (including phenoxy) is 7. The lowest BCUT2D eigenvalue weighted by atomic mass is 10.2. The van der Waals surface area contributed by atoms with Gasteiger partial charge < -0.3 is 43.2 Å². The van der Waals surface area contributed by atoms with Crippen LogP contribution in [0.1, 0.15) is 65.8 Å². The number of aromatic nitrogens is 4. The van der Waals surface area contributed by atoms with Crippen LogP contribution in [0, 0.1) is 0 Å². The Morgan fingerprint density at radius 2 is 1.11 bits per heavy atom. The first-order chi connectivity index (χ1) is 34.4. The molecule has 412 valence electrons. The molecular weight excluding hydrogens is 1030 g/mol. The molecule has 29 heteroatoms. The number of likely N-dealkylation sites (tertiary alicyclic amines) is 2. The lowest BCUT2D eigenvalue weighted by Gasteiger charge is -2.27. The summed E-state index contributed by atoms with van der Waals surface area (Å²) in [5.41, 5.74) is -5.51. The number of β-amino-alcohol motifs (C(OH)–C–C–N with tert-alkyl or cyclic N) is 1. The summed E-state index contributed by atoms with van der Waals surface area (Å²) in [5, 5.41) is 9.50. The molecule has 0 saturated carbocycles. The molecule has 2 aliphatic rings. The lowest BCUT2D eigenvalue weighted by Crippen LogP contribution is -2.44. The van der Waals surface area contributed by atoms with Crippen molar-refractivity contribution in [2.24, 2.45) is 0 Å². The number of fused-ring (bicyclic) bond motifs is 2. The number of nitrogens with zero attached hydrogens (tertiary/aromatic N) is 5. The number of nitrogens with one attached hydrogen (secondary N) is 1. The number of aliphatic hydroxyl groups excluding tert-OH is 1. The zero-order valence-electron chi connectivity index (χ0n) is 41.0. The molecule has 2 aliphatic heterocycles. The van der Waals surface area contributed by atoms with Crippen molar-refractivity contribution >= 4 is 46.2 Å². The molecule has 2 fully saturated rings. The second kappa shape index (κ2) is 23.0. The number of hydrogen-bond acceptors (Lipinski definition) is 16. The maximum Gasteiger partial charge on any atom is 0.573 e. The van der Waals surface area contributed by atoms with Gasteiger partial charge in [0.05, 0.1) is 55.5 Å². The van der Waals surface area contributed by atoms with Crippen molar-refractivity contribution in [3.05, 3.63) is 83.4 Å². The summed E-state index contributed by atoms with van der Waals surface area (Å²) < 4.78 is 163. The van der Waals surface area contributed by atoms with E-state index in [1.165, 1.54) is 12.0 Å². The molecule has 75 heavy (non-hydrogen) atoms. The Bertz CT molecular complexity index is 2810. The Balaban J connectivity index is 0.000000269. The first-order valence-electron chi connectivity index (χ1n) is 21.8. The minimum atomic E-state index is -5.00. The molecule has 0 radical (unpaired) electrons. The van der Waals surface area contributed by atoms with Crippen LogP contribution in [0.4, 0.5) is 53.5 Å². The van der Waals surface area contributed by atoms with Crippen LogP contribution >= 0.6 is 0 Å². The van der Waals surface area contributed by atoms with Gasteiger partial charge in [0.1, 0.15) is 40.9 Å². The molecule has 0 aliphatic carbocycles. The number of benzene rings is 2. The lowest BCUT2D eigenvalue weighted by molar-refractivity contribution is -0.275. The molecule has 19 nitrogen and oxygen atoms in total. The first kappa shape index (κ1) is 60.1. The van der Waals surface area contributed by atoms with Gasteiger partial charge in [-0.25, -0.2) is 34.1 Å². The quantitative estimate of drug-likeness (QED) is 0.0657. The smallest absolute Gasteiger partial charge is 0.471 e. The van der Waals surface area contributed by atoms with Crippen molar-refractivity contribution in [3.63, 3.8) is 0 Å². The molecule has 2 N–H and O–H groups in total. The minimum Gasteiger partial charge on any atom is -0.471 e. The van der Waals surface area contributed by atoms with Crippen molar-refractivity contribution in [2.75, 3.05) is 27.3 Å². The summed E-state index contributed by atoms with van der Waals surface area (Å²) >= 11 is 0. The highest BCUT2D eigenvalue weighted by Gasteiger charge is 2.46. The first-order valence-corrected chi connectivity index (χ1v) is 21.8. The van der Waals surface area contributed by atoms with Gasteiger partial charge in [-0.1, -0.05) is 13.2 Å². The van der Waals surface area contributed by atoms with E-state index >= 15 is 0 Å². The van der Waals surface area contributed by atoms with Crippen molar-refractivity contribution in [2.45, 2.75) is 114 Å². The summed E-state index contributed by atoms with van der Waals surface area (Å²) in [6.45, 7) is 15.9. The van der Waals surface area contributed by atoms with Crippen molar-refractivity contribution in [1.29, 1.82) is 0 Å². The molecular formula is C46H50F10N6O13. The zero-order chi connectivity index (χ0) is 56.8. The molecule has 2 amide bonds. The third kappa shape index (κ3) is 16.8. The molecule has 0 bridgehead atoms. The minimum absolute atomic E-state index is 0.00173. The molecule has 2 saturated heterocycles. The van der Waals surface area contributed by atoms with E-state index in [0.717, 1.165) is 48.4 Å². The van der Waals surface area contributed by atoms with Gasteiger partial charge in [0.25, 0.3) is 5.56 Å². The number of halogens is 10. The predicted octanol–water partition coefficient (Wildman–Crippen LogP) is 8.37. The number of rotatable bonds is 10. The predicted molar refractivity (Wildman–Crippen MR) is 241 cm³/mol. The van der Waals surface area contributed by atoms with Crippen LogP contribution < -0.4 is 19.8 Å². The standard InChI is InChI=1S/C23H24F5N3O6.C12H7F5N2O2.C11H19NO5/c1-6-22(24,25)17-18(30-14-8-7-12(9-15(14)29-17)36-23(26,27)28)35-13-10-16(19(32)34-5)31(11-13)20(33)37-21(2,3)4;1-2-11(13,14)9-10(20)19-7-4-3-6(5-8(7)18-9)21-12(15,16)17;1-11(2,3)17-10(15)12-6-7(13)5-8(12)9(14)16-4/h6-9,13,16H,1,10-11H2,2-5H3;2-5H,1H2,(H,19,20);7-8,13H,5-6H2,1-4H3/t13-,16+;;7-,8-/m1.0/s1. The molecule has 4 heterocycles. The van der Waals surface area contributed by atoms with E-state index in [1.807, 2.05) is 0 Å². The Labute approximate surface area is 419 Å². The second-order valence-electron chi connectivity index (χ2n) is 18.1. The summed E-state index contributed by atoms with van der Waals surface area (Å²) in [6.07, 6.45) is -12.6. The normalized spacial score (nSPS) is 18.2. The fourth-order valence-electron chi connectivity index (χ4n) is 6.81. The fraction of sp³-hybridized carbons (Fsp3) is 0.478. The molecule has 2 aromatic heterocycles. The molecule has 2 aromatic carbocycles. The number of H-pyrrole nitrogens is 1. The van der Waals surface area contributed by atoms with E-state index in [-0.39, 0.29) is 60.1 Å². The van der Waals surface area contributed by atoms with Gasteiger partial charge in [0, 0.05) is 25.0 Å². The van der Waals surface area contributed by atoms with Crippen LogP contribution in [0.5, 0.6) is 17.4 Å². The molecule has 0 spiro atoms. The topological polar surface area (TPSA) is 231 Å². The third-order valence-electron chi connectivity index (χ3n) is 9.90. The van der Waals surface area contributed by atoms with Crippen molar-refractivity contribution in [1.82, 2.24) is 29.7 Å². The van der Waals surface area contributed by atoms with Crippen LogP contribution in [0.2, 0.25) is 0 Å². The van der Waals surface area contributed by atoms with Crippen LogP contribution in [0.15, 0.2) is 66.5 Å². The second-order valence-corrected chi connectivity index (χ2v) is 18.1. The number of alkyl halides is 10. The SMILES string of the molecule is C=CC(F)(F)c1nc2cc(OC(F)(F)F)ccc2[nH]c1=O.C=CC(F)(F)c1nc2cc(OC(F)(F)F)ccc2nc1O[C@@H]1C[C@@H](C(=O)OC)N(C(=O)OC(C)(C)C)C1.COC(=O)[C@@H]1C[C@H](O)CN1C(=O)OC(C)(C)C. The van der Waals surface area contributed by atoms with Crippen LogP contribution in [0.25, 0.3) is 22.1 Å². The van der Waals surface area contributed by atoms with Gasteiger partial charge in [0.15, 0.2) is 11.4 Å². The Morgan fingerprint density at radius 1 is 0.653 bits per heavy atom. The number of aliphatic hydroxyl groups is 1. The Morgan fingerprint density at radius 3 is 1.59 bits per heavy atom. The Hall–Kier alpha value is -7.46. The van der Waals surface area contributed by atoms with Crippen molar-refractivity contribution < 1.29 is 101 Å². The number of hydrogen-bond donors (Lipinski definition) is 2. The molecule has 6 rings (SSSR count). The highest BCUT2D eigenvalue weighted by Crippen LogP contribution is 2.38. The van der Waals surface area contributed by atoms with Gasteiger partial charge in [-0.15, -0.1) is 26.3 Å². The van der Waals surface area contributed by atoms with Crippen molar-refractivity contribution in [3.8, 4) is 17.4 Å². The number of carbonyl (C=O) groups is 4. The van der Waals surface area contributed by atoms with E-state index in [9.17, 15) is 73.0 Å². The van der Waals surface area contributed by atoms with E-state index in [1.54, 1.807) is 41.5 Å². The Kier molecular flexibility index (Phi) is 18.4. The highest BCUT2D eigenvalue weighted by molar-refractivity contribution is 5.83. The third-order valence-corrected chi connectivity index (χ3v) is 9.90. The highest BCUT2D eigenvalue weighted by atomic mass is 19.4. The van der Waals surface area contributed by atoms with E-state index in [2.05, 4.69) is 47.3 Å². The average molecular weight is 1080 g/mol. The molecule has 4 aromatic rings. The number of methoxy groups -OCH3 is 2. The number of aromatic amines is 1.